The van der Waals surface area contributed by atoms with Gasteiger partial charge in [0.2, 0.25) is 15.9 Å². The van der Waals surface area contributed by atoms with Gasteiger partial charge in [-0.2, -0.15) is 4.31 Å². The third-order valence-corrected chi connectivity index (χ3v) is 9.40. The number of aliphatic carboxylic acids is 1. The SMILES string of the molecule is COc1cccc(CC(=O)N2CCN(S(=O)(=O)c3ccc(F)cc3)C2C(=O)NC(CC(=O)O)C2CCCCC2)c1. The van der Waals surface area contributed by atoms with Crippen molar-refractivity contribution in [2.45, 2.75) is 62.0 Å². The van der Waals surface area contributed by atoms with Gasteiger partial charge in [-0.3, -0.25) is 14.4 Å². The van der Waals surface area contributed by atoms with Crippen LogP contribution in [0, 0.1) is 11.7 Å². The fourth-order valence-electron chi connectivity index (χ4n) is 5.51. The van der Waals surface area contributed by atoms with Gasteiger partial charge in [0.05, 0.1) is 24.8 Å². The Balaban J connectivity index is 1.65. The van der Waals surface area contributed by atoms with Gasteiger partial charge in [0.1, 0.15) is 11.6 Å². The van der Waals surface area contributed by atoms with Crippen LogP contribution in [0.4, 0.5) is 4.39 Å². The van der Waals surface area contributed by atoms with E-state index >= 15 is 0 Å². The number of methoxy groups -OCH3 is 1. The van der Waals surface area contributed by atoms with Gasteiger partial charge in [-0.1, -0.05) is 31.4 Å². The molecule has 40 heavy (non-hydrogen) atoms. The van der Waals surface area contributed by atoms with Crippen molar-refractivity contribution in [2.75, 3.05) is 20.2 Å². The molecular formula is C28H34FN3O7S. The molecule has 1 saturated carbocycles. The smallest absolute Gasteiger partial charge is 0.305 e. The molecule has 0 bridgehead atoms. The predicted octanol–water partition coefficient (Wildman–Crippen LogP) is 2.78. The molecule has 2 N–H and O–H groups in total. The van der Waals surface area contributed by atoms with Gasteiger partial charge in [0.15, 0.2) is 6.17 Å². The Morgan fingerprint density at radius 1 is 1.07 bits per heavy atom. The van der Waals surface area contributed by atoms with Crippen molar-refractivity contribution >= 4 is 27.8 Å². The number of sulfonamides is 1. The second kappa shape index (κ2) is 12.8. The predicted molar refractivity (Wildman–Crippen MR) is 143 cm³/mol. The number of carboxylic acid groups (broad SMARTS) is 1. The maximum absolute atomic E-state index is 13.8. The van der Waals surface area contributed by atoms with E-state index in [1.54, 1.807) is 24.3 Å². The normalized spacial score (nSPS) is 19.2. The van der Waals surface area contributed by atoms with E-state index in [4.69, 9.17) is 4.74 Å². The number of nitrogens with zero attached hydrogens (tertiary/aromatic N) is 2. The highest BCUT2D eigenvalue weighted by molar-refractivity contribution is 7.89. The van der Waals surface area contributed by atoms with Crippen LogP contribution in [0.15, 0.2) is 53.4 Å². The zero-order valence-electron chi connectivity index (χ0n) is 22.3. The van der Waals surface area contributed by atoms with Gasteiger partial charge >= 0.3 is 5.97 Å². The summed E-state index contributed by atoms with van der Waals surface area (Å²) in [6.45, 7) is -0.205. The summed E-state index contributed by atoms with van der Waals surface area (Å²) in [4.78, 5) is 39.9. The van der Waals surface area contributed by atoms with Crippen LogP contribution in [0.3, 0.4) is 0 Å². The molecule has 10 nitrogen and oxygen atoms in total. The number of hydrogen-bond acceptors (Lipinski definition) is 6. The minimum atomic E-state index is -4.31. The van der Waals surface area contributed by atoms with Gasteiger partial charge in [-0.25, -0.2) is 12.8 Å². The number of carbonyl (C=O) groups is 3. The quantitative estimate of drug-likeness (QED) is 0.445. The molecule has 0 aromatic heterocycles. The lowest BCUT2D eigenvalue weighted by atomic mass is 9.82. The average molecular weight is 576 g/mol. The molecule has 1 saturated heterocycles. The highest BCUT2D eigenvalue weighted by Gasteiger charge is 2.47. The lowest BCUT2D eigenvalue weighted by Gasteiger charge is -2.34. The van der Waals surface area contributed by atoms with Crippen LogP contribution in [0.5, 0.6) is 5.75 Å². The number of ether oxygens (including phenoxy) is 1. The summed E-state index contributed by atoms with van der Waals surface area (Å²) in [5.74, 6) is -2.46. The molecule has 2 fully saturated rings. The van der Waals surface area contributed by atoms with Crippen LogP contribution in [0.1, 0.15) is 44.1 Å². The molecule has 2 atom stereocenters. The summed E-state index contributed by atoms with van der Waals surface area (Å²) in [5, 5.41) is 12.3. The molecule has 12 heteroatoms. The first-order chi connectivity index (χ1) is 19.1. The van der Waals surface area contributed by atoms with Gasteiger partial charge in [-0.05, 0) is 60.7 Å². The van der Waals surface area contributed by atoms with Crippen LogP contribution in [-0.2, 0) is 30.8 Å². The number of nitrogens with one attached hydrogen (secondary N) is 1. The summed E-state index contributed by atoms with van der Waals surface area (Å²) >= 11 is 0. The van der Waals surface area contributed by atoms with Crippen molar-refractivity contribution < 1.29 is 37.0 Å². The van der Waals surface area contributed by atoms with E-state index in [0.717, 1.165) is 60.7 Å². The minimum Gasteiger partial charge on any atom is -0.497 e. The fraction of sp³-hybridized carbons (Fsp3) is 0.464. The number of benzene rings is 2. The first kappa shape index (κ1) is 29.5. The Morgan fingerprint density at radius 2 is 1.77 bits per heavy atom. The van der Waals surface area contributed by atoms with Crippen LogP contribution in [-0.4, -0.2) is 72.9 Å². The van der Waals surface area contributed by atoms with Crippen LogP contribution >= 0.6 is 0 Å². The number of rotatable bonds is 10. The van der Waals surface area contributed by atoms with E-state index in [1.165, 1.54) is 12.0 Å². The first-order valence-corrected chi connectivity index (χ1v) is 14.8. The molecule has 2 unspecified atom stereocenters. The Morgan fingerprint density at radius 3 is 2.42 bits per heavy atom. The zero-order chi connectivity index (χ0) is 28.9. The zero-order valence-corrected chi connectivity index (χ0v) is 23.1. The maximum atomic E-state index is 13.8. The van der Waals surface area contributed by atoms with Crippen molar-refractivity contribution in [3.63, 3.8) is 0 Å². The first-order valence-electron chi connectivity index (χ1n) is 13.3. The van der Waals surface area contributed by atoms with Crippen LogP contribution in [0.2, 0.25) is 0 Å². The Bertz CT molecular complexity index is 1330. The summed E-state index contributed by atoms with van der Waals surface area (Å²) < 4.78 is 46.9. The molecule has 1 aliphatic heterocycles. The molecule has 2 aliphatic rings. The molecule has 0 spiro atoms. The third kappa shape index (κ3) is 6.79. The van der Waals surface area contributed by atoms with Crippen molar-refractivity contribution in [1.82, 2.24) is 14.5 Å². The number of halogens is 1. The topological polar surface area (TPSA) is 133 Å². The summed E-state index contributed by atoms with van der Waals surface area (Å²) in [7, 11) is -2.81. The highest BCUT2D eigenvalue weighted by atomic mass is 32.2. The van der Waals surface area contributed by atoms with Crippen molar-refractivity contribution in [3.8, 4) is 5.75 Å². The minimum absolute atomic E-state index is 0.0473. The molecular weight excluding hydrogens is 541 g/mol. The monoisotopic (exact) mass is 575 g/mol. The number of carbonyl (C=O) groups excluding carboxylic acids is 2. The van der Waals surface area contributed by atoms with E-state index in [2.05, 4.69) is 5.32 Å². The number of amides is 2. The molecule has 1 aliphatic carbocycles. The van der Waals surface area contributed by atoms with Gasteiger partial charge < -0.3 is 20.1 Å². The molecule has 4 rings (SSSR count). The van der Waals surface area contributed by atoms with Crippen LogP contribution in [0.25, 0.3) is 0 Å². The van der Waals surface area contributed by atoms with Gasteiger partial charge in [0.25, 0.3) is 5.91 Å². The lowest BCUT2D eigenvalue weighted by Crippen LogP contribution is -2.57. The second-order valence-corrected chi connectivity index (χ2v) is 12.1. The molecule has 2 aromatic rings. The van der Waals surface area contributed by atoms with Crippen molar-refractivity contribution in [1.29, 1.82) is 0 Å². The Labute approximate surface area is 233 Å². The number of carboxylic acids is 1. The largest absolute Gasteiger partial charge is 0.497 e. The van der Waals surface area contributed by atoms with Gasteiger partial charge in [0, 0.05) is 19.1 Å². The Kier molecular flexibility index (Phi) is 9.41. The number of hydrogen-bond donors (Lipinski definition) is 2. The van der Waals surface area contributed by atoms with E-state index < -0.39 is 45.8 Å². The summed E-state index contributed by atoms with van der Waals surface area (Å²) in [6, 6.07) is 10.4. The lowest BCUT2D eigenvalue weighted by molar-refractivity contribution is -0.142. The second-order valence-electron chi connectivity index (χ2n) is 10.2. The van der Waals surface area contributed by atoms with Crippen molar-refractivity contribution in [2.24, 2.45) is 5.92 Å². The third-order valence-electron chi connectivity index (χ3n) is 7.53. The molecule has 216 valence electrons. The van der Waals surface area contributed by atoms with E-state index in [-0.39, 0.29) is 36.7 Å². The molecule has 2 amide bonds. The average Bonchev–Trinajstić information content (AvgIpc) is 3.40. The fourth-order valence-corrected chi connectivity index (χ4v) is 7.05. The standard InChI is InChI=1S/C28H34FN3O7S/c1-39-22-9-5-6-19(16-22)17-25(33)31-14-15-32(40(37,38)23-12-10-21(29)11-13-23)28(31)27(36)30-24(18-26(34)35)20-7-3-2-4-8-20/h5-6,9-13,16,20,24,28H,2-4,7-8,14-15,17-18H2,1H3,(H,30,36)(H,34,35). The highest BCUT2D eigenvalue weighted by Crippen LogP contribution is 2.30. The molecule has 0 radical (unpaired) electrons. The van der Waals surface area contributed by atoms with E-state index in [0.29, 0.717) is 11.3 Å². The maximum Gasteiger partial charge on any atom is 0.305 e. The molecule has 1 heterocycles. The van der Waals surface area contributed by atoms with Gasteiger partial charge in [-0.15, -0.1) is 0 Å². The van der Waals surface area contributed by atoms with E-state index in [9.17, 15) is 32.3 Å². The van der Waals surface area contributed by atoms with Crippen LogP contribution < -0.4 is 10.1 Å². The Hall–Kier alpha value is -3.51. The summed E-state index contributed by atoms with van der Waals surface area (Å²) in [5.41, 5.74) is 0.620. The van der Waals surface area contributed by atoms with Crippen molar-refractivity contribution in [3.05, 3.63) is 59.9 Å². The summed E-state index contributed by atoms with van der Waals surface area (Å²) in [6.07, 6.45) is 2.40. The van der Waals surface area contributed by atoms with E-state index in [1.807, 2.05) is 0 Å². The molecule has 2 aromatic carbocycles.